The maximum atomic E-state index is 4.84. The zero-order valence-electron chi connectivity index (χ0n) is 16.2. The first-order valence-electron chi connectivity index (χ1n) is 9.62. The summed E-state index contributed by atoms with van der Waals surface area (Å²) in [5.74, 6) is 0. The van der Waals surface area contributed by atoms with Gasteiger partial charge in [-0.25, -0.2) is 4.57 Å². The van der Waals surface area contributed by atoms with Crippen molar-refractivity contribution in [1.82, 2.24) is 4.98 Å². The van der Waals surface area contributed by atoms with E-state index < -0.39 is 0 Å². The highest BCUT2D eigenvalue weighted by Crippen LogP contribution is 2.49. The lowest BCUT2D eigenvalue weighted by Crippen LogP contribution is -2.67. The summed E-state index contributed by atoms with van der Waals surface area (Å²) in [6.07, 6.45) is 4.22. The van der Waals surface area contributed by atoms with Crippen molar-refractivity contribution in [3.63, 3.8) is 0 Å². The minimum atomic E-state index is -0.00630. The fraction of sp³-hybridized carbons (Fsp3) is 0.333. The summed E-state index contributed by atoms with van der Waals surface area (Å²) >= 11 is 0. The first-order chi connectivity index (χ1) is 12.5. The van der Waals surface area contributed by atoms with E-state index in [1.54, 1.807) is 0 Å². The van der Waals surface area contributed by atoms with Crippen LogP contribution in [0.3, 0.4) is 0 Å². The third-order valence-corrected chi connectivity index (χ3v) is 6.83. The molecule has 3 aromatic rings. The second kappa shape index (κ2) is 6.05. The van der Waals surface area contributed by atoms with Gasteiger partial charge in [-0.2, -0.15) is 0 Å². The van der Waals surface area contributed by atoms with Gasteiger partial charge in [0.25, 0.3) is 6.33 Å². The quantitative estimate of drug-likeness (QED) is 0.573. The molecule has 4 rings (SSSR count). The van der Waals surface area contributed by atoms with Gasteiger partial charge < -0.3 is 0 Å². The first-order valence-corrected chi connectivity index (χ1v) is 9.62. The van der Waals surface area contributed by atoms with Gasteiger partial charge in [0.05, 0.1) is 0 Å². The molecule has 2 aromatic carbocycles. The number of fused-ring (bicyclic) bond motifs is 3. The fourth-order valence-corrected chi connectivity index (χ4v) is 4.66. The standard InChI is InChI=1S/C24H27N2/c1-5-23(3)20-15-11-10-14-19(20)22-16-21(18-12-8-7-9-13-18)25-17-26(22)24(23,4)6-2/h7-17H,5-6H2,1-4H3/q+1. The number of benzene rings is 2. The highest BCUT2D eigenvalue weighted by atomic mass is 15.1. The molecule has 26 heavy (non-hydrogen) atoms. The molecule has 0 N–H and O–H groups in total. The summed E-state index contributed by atoms with van der Waals surface area (Å²) in [6.45, 7) is 9.40. The summed E-state index contributed by atoms with van der Waals surface area (Å²) in [5, 5.41) is 0. The highest BCUT2D eigenvalue weighted by Gasteiger charge is 2.53. The van der Waals surface area contributed by atoms with Crippen LogP contribution >= 0.6 is 0 Å². The van der Waals surface area contributed by atoms with Gasteiger partial charge in [0.2, 0.25) is 0 Å². The molecular weight excluding hydrogens is 316 g/mol. The normalized spacial score (nSPS) is 24.0. The highest BCUT2D eigenvalue weighted by molar-refractivity contribution is 5.70. The summed E-state index contributed by atoms with van der Waals surface area (Å²) in [4.78, 5) is 4.84. The Bertz CT molecular complexity index is 947. The van der Waals surface area contributed by atoms with Gasteiger partial charge in [-0.1, -0.05) is 75.4 Å². The smallest absolute Gasteiger partial charge is 0.224 e. The molecule has 0 radical (unpaired) electrons. The van der Waals surface area contributed by atoms with Gasteiger partial charge in [-0.15, -0.1) is 0 Å². The van der Waals surface area contributed by atoms with Gasteiger partial charge in [-0.3, -0.25) is 0 Å². The maximum Gasteiger partial charge on any atom is 0.287 e. The summed E-state index contributed by atoms with van der Waals surface area (Å²) in [7, 11) is 0. The van der Waals surface area contributed by atoms with Gasteiger partial charge in [0.1, 0.15) is 11.2 Å². The minimum Gasteiger partial charge on any atom is -0.224 e. The second-order valence-electron chi connectivity index (χ2n) is 7.75. The van der Waals surface area contributed by atoms with Crippen LogP contribution in [-0.4, -0.2) is 4.98 Å². The summed E-state index contributed by atoms with van der Waals surface area (Å²) in [5.41, 5.74) is 6.32. The topological polar surface area (TPSA) is 16.8 Å². The first kappa shape index (κ1) is 17.0. The Hall–Kier alpha value is -2.48. The van der Waals surface area contributed by atoms with Gasteiger partial charge in [0, 0.05) is 22.6 Å². The SMILES string of the molecule is CCC1(C)c2ccccc2-c2cc(-c3ccccc3)nc[n+]2C1(C)CC. The van der Waals surface area contributed by atoms with Crippen LogP contribution in [0.5, 0.6) is 0 Å². The van der Waals surface area contributed by atoms with Crippen molar-refractivity contribution in [1.29, 1.82) is 0 Å². The lowest BCUT2D eigenvalue weighted by Gasteiger charge is -2.48. The van der Waals surface area contributed by atoms with Crippen LogP contribution in [-0.2, 0) is 11.0 Å². The van der Waals surface area contributed by atoms with E-state index in [2.05, 4.69) is 93.2 Å². The maximum absolute atomic E-state index is 4.84. The van der Waals surface area contributed by atoms with Crippen LogP contribution < -0.4 is 4.57 Å². The number of aromatic nitrogens is 2. The molecule has 132 valence electrons. The zero-order chi connectivity index (χ0) is 18.4. The van der Waals surface area contributed by atoms with Crippen LogP contribution in [0.25, 0.3) is 22.5 Å². The van der Waals surface area contributed by atoms with Crippen molar-refractivity contribution in [3.8, 4) is 22.5 Å². The fourth-order valence-electron chi connectivity index (χ4n) is 4.66. The van der Waals surface area contributed by atoms with Gasteiger partial charge >= 0.3 is 0 Å². The van der Waals surface area contributed by atoms with Crippen molar-refractivity contribution in [2.24, 2.45) is 0 Å². The van der Waals surface area contributed by atoms with Crippen LogP contribution in [0.4, 0.5) is 0 Å². The van der Waals surface area contributed by atoms with E-state index in [1.807, 2.05) is 6.07 Å². The van der Waals surface area contributed by atoms with E-state index in [-0.39, 0.29) is 11.0 Å². The van der Waals surface area contributed by atoms with Crippen molar-refractivity contribution in [2.45, 2.75) is 51.5 Å². The molecule has 0 saturated carbocycles. The average Bonchev–Trinajstić information content (AvgIpc) is 2.72. The molecule has 1 aliphatic heterocycles. The second-order valence-corrected chi connectivity index (χ2v) is 7.75. The molecule has 2 unspecified atom stereocenters. The molecule has 2 heteroatoms. The van der Waals surface area contributed by atoms with E-state index in [9.17, 15) is 0 Å². The Kier molecular flexibility index (Phi) is 3.95. The predicted octanol–water partition coefficient (Wildman–Crippen LogP) is 5.51. The molecule has 1 aliphatic rings. The molecule has 0 fully saturated rings. The molecule has 0 aliphatic carbocycles. The van der Waals surface area contributed by atoms with E-state index in [0.29, 0.717) is 0 Å². The summed E-state index contributed by atoms with van der Waals surface area (Å²) in [6, 6.07) is 21.6. The van der Waals surface area contributed by atoms with Gasteiger partial charge in [0.15, 0.2) is 5.69 Å². The Balaban J connectivity index is 2.02. The molecule has 2 atom stereocenters. The number of hydrogen-bond acceptors (Lipinski definition) is 1. The summed E-state index contributed by atoms with van der Waals surface area (Å²) < 4.78 is 2.42. The number of nitrogens with zero attached hydrogens (tertiary/aromatic N) is 2. The van der Waals surface area contributed by atoms with E-state index in [0.717, 1.165) is 24.1 Å². The van der Waals surface area contributed by atoms with Crippen LogP contribution in [0.15, 0.2) is 67.0 Å². The average molecular weight is 343 g/mol. The van der Waals surface area contributed by atoms with Gasteiger partial charge in [-0.05, 0) is 30.3 Å². The van der Waals surface area contributed by atoms with Crippen molar-refractivity contribution >= 4 is 0 Å². The predicted molar refractivity (Wildman–Crippen MR) is 107 cm³/mol. The largest absolute Gasteiger partial charge is 0.287 e. The molecule has 0 saturated heterocycles. The number of hydrogen-bond donors (Lipinski definition) is 0. The lowest BCUT2D eigenvalue weighted by molar-refractivity contribution is -0.767. The molecule has 2 nitrogen and oxygen atoms in total. The van der Waals surface area contributed by atoms with E-state index in [1.165, 1.54) is 16.8 Å². The Morgan fingerprint density at radius 1 is 0.885 bits per heavy atom. The Morgan fingerprint density at radius 3 is 2.27 bits per heavy atom. The molecule has 2 heterocycles. The van der Waals surface area contributed by atoms with Crippen molar-refractivity contribution in [2.75, 3.05) is 0 Å². The van der Waals surface area contributed by atoms with E-state index in [4.69, 9.17) is 4.98 Å². The van der Waals surface area contributed by atoms with Crippen LogP contribution in [0.2, 0.25) is 0 Å². The number of rotatable bonds is 3. The molecule has 0 spiro atoms. The van der Waals surface area contributed by atoms with Crippen molar-refractivity contribution in [3.05, 3.63) is 72.6 Å². The Morgan fingerprint density at radius 2 is 1.58 bits per heavy atom. The van der Waals surface area contributed by atoms with E-state index >= 15 is 0 Å². The Labute approximate surface area is 156 Å². The third-order valence-electron chi connectivity index (χ3n) is 6.83. The molecular formula is C24H27N2+. The zero-order valence-corrected chi connectivity index (χ0v) is 16.2. The minimum absolute atomic E-state index is 0.00630. The van der Waals surface area contributed by atoms with Crippen LogP contribution in [0, 0.1) is 0 Å². The molecule has 0 bridgehead atoms. The monoisotopic (exact) mass is 343 g/mol. The third kappa shape index (κ3) is 2.18. The lowest BCUT2D eigenvalue weighted by atomic mass is 9.61. The van der Waals surface area contributed by atoms with Crippen LogP contribution in [0.1, 0.15) is 46.1 Å². The molecule has 0 amide bonds. The van der Waals surface area contributed by atoms with Crippen molar-refractivity contribution < 1.29 is 4.57 Å². The molecule has 1 aromatic heterocycles.